The van der Waals surface area contributed by atoms with Gasteiger partial charge in [-0.1, -0.05) is 28.1 Å². The molecule has 126 valence electrons. The first kappa shape index (κ1) is 15.9. The highest BCUT2D eigenvalue weighted by molar-refractivity contribution is 9.10. The highest BCUT2D eigenvalue weighted by Crippen LogP contribution is 2.31. The molecule has 0 radical (unpaired) electrons. The lowest BCUT2D eigenvalue weighted by atomic mass is 10.1. The largest absolute Gasteiger partial charge is 0.340 e. The lowest BCUT2D eigenvalue weighted by Gasteiger charge is -2.19. The van der Waals surface area contributed by atoms with Gasteiger partial charge in [0.25, 0.3) is 0 Å². The number of hydrazone groups is 1. The molecule has 0 saturated heterocycles. The molecule has 3 aromatic rings. The van der Waals surface area contributed by atoms with Crippen LogP contribution in [0.25, 0.3) is 11.1 Å². The number of hydrazine groups is 1. The van der Waals surface area contributed by atoms with Crippen molar-refractivity contribution in [1.29, 1.82) is 0 Å². The van der Waals surface area contributed by atoms with Crippen molar-refractivity contribution in [2.45, 2.75) is 6.54 Å². The summed E-state index contributed by atoms with van der Waals surface area (Å²) in [7, 11) is 0. The van der Waals surface area contributed by atoms with Gasteiger partial charge in [0.1, 0.15) is 5.82 Å². The summed E-state index contributed by atoms with van der Waals surface area (Å²) < 4.78 is 16.2. The van der Waals surface area contributed by atoms with E-state index in [0.717, 1.165) is 32.5 Å². The zero-order valence-corrected chi connectivity index (χ0v) is 14.7. The van der Waals surface area contributed by atoms with E-state index in [0.29, 0.717) is 12.4 Å². The number of hydrogen-bond acceptors (Lipinski definition) is 3. The quantitative estimate of drug-likeness (QED) is 0.486. The number of amidine groups is 1. The molecule has 0 atom stereocenters. The van der Waals surface area contributed by atoms with Crippen LogP contribution >= 0.6 is 15.9 Å². The fourth-order valence-corrected chi connectivity index (χ4v) is 3.50. The van der Waals surface area contributed by atoms with Crippen molar-refractivity contribution >= 4 is 27.5 Å². The summed E-state index contributed by atoms with van der Waals surface area (Å²) in [5.41, 5.74) is 4.55. The summed E-state index contributed by atoms with van der Waals surface area (Å²) in [6.45, 7) is 0.623. The van der Waals surface area contributed by atoms with Crippen molar-refractivity contribution in [3.8, 4) is 11.1 Å². The molecule has 0 aliphatic carbocycles. The summed E-state index contributed by atoms with van der Waals surface area (Å²) in [5.74, 6) is 12.1. The smallest absolute Gasteiger partial charge is 0.190 e. The van der Waals surface area contributed by atoms with E-state index < -0.39 is 0 Å². The molecule has 1 aromatic heterocycles. The predicted octanol–water partition coefficient (Wildman–Crippen LogP) is 3.42. The molecule has 4 N–H and O–H groups in total. The van der Waals surface area contributed by atoms with Crippen molar-refractivity contribution in [3.05, 3.63) is 76.3 Å². The molecule has 25 heavy (non-hydrogen) atoms. The van der Waals surface area contributed by atoms with Crippen LogP contribution in [0.15, 0.2) is 64.3 Å². The highest BCUT2D eigenvalue weighted by atomic mass is 79.9. The predicted molar refractivity (Wildman–Crippen MR) is 100 cm³/mol. The Morgan fingerprint density at radius 3 is 2.52 bits per heavy atom. The number of aromatic nitrogens is 1. The Labute approximate surface area is 152 Å². The summed E-state index contributed by atoms with van der Waals surface area (Å²) in [6, 6.07) is 14.2. The molecular formula is C18H15BrFN5. The van der Waals surface area contributed by atoms with E-state index in [1.165, 1.54) is 17.1 Å². The Balaban J connectivity index is 1.87. The lowest BCUT2D eigenvalue weighted by molar-refractivity contribution is 0.628. The number of hydrogen-bond donors (Lipinski definition) is 2. The second-order valence-electron chi connectivity index (χ2n) is 5.84. The van der Waals surface area contributed by atoms with Gasteiger partial charge in [-0.2, -0.15) is 5.10 Å². The summed E-state index contributed by atoms with van der Waals surface area (Å²) >= 11 is 3.50. The van der Waals surface area contributed by atoms with Crippen molar-refractivity contribution in [2.24, 2.45) is 16.8 Å². The van der Waals surface area contributed by atoms with Gasteiger partial charge < -0.3 is 10.4 Å². The van der Waals surface area contributed by atoms with Crippen LogP contribution < -0.4 is 16.7 Å². The maximum Gasteiger partial charge on any atom is 0.190 e. The van der Waals surface area contributed by atoms with Gasteiger partial charge in [0.05, 0.1) is 11.4 Å². The van der Waals surface area contributed by atoms with Crippen LogP contribution in [0.4, 0.5) is 10.1 Å². The number of nitrogens with two attached hydrogens (primary N) is 2. The van der Waals surface area contributed by atoms with Crippen LogP contribution in [0.1, 0.15) is 11.3 Å². The molecule has 2 aromatic carbocycles. The van der Waals surface area contributed by atoms with E-state index in [1.807, 2.05) is 35.0 Å². The fourth-order valence-electron chi connectivity index (χ4n) is 3.09. The first-order valence-corrected chi connectivity index (χ1v) is 8.44. The van der Waals surface area contributed by atoms with Crippen LogP contribution in [-0.4, -0.2) is 10.4 Å². The minimum Gasteiger partial charge on any atom is -0.340 e. The zero-order chi connectivity index (χ0) is 17.6. The highest BCUT2D eigenvalue weighted by Gasteiger charge is 2.24. The SMILES string of the molecule is N/N=C1/c2cc(-c3ccc(F)cc3)cn2Cc2cc(Br)ccc2N1N. The van der Waals surface area contributed by atoms with Gasteiger partial charge in [-0.3, -0.25) is 5.01 Å². The number of rotatable bonds is 1. The minimum atomic E-state index is -0.263. The number of benzene rings is 2. The first-order chi connectivity index (χ1) is 12.1. The maximum atomic E-state index is 13.2. The Bertz CT molecular complexity index is 978. The Hall–Kier alpha value is -2.64. The minimum absolute atomic E-state index is 0.263. The Morgan fingerprint density at radius 1 is 1.04 bits per heavy atom. The van der Waals surface area contributed by atoms with Crippen LogP contribution in [0.2, 0.25) is 0 Å². The van der Waals surface area contributed by atoms with Crippen LogP contribution in [0.3, 0.4) is 0 Å². The van der Waals surface area contributed by atoms with Gasteiger partial charge in [0.15, 0.2) is 5.84 Å². The average molecular weight is 400 g/mol. The first-order valence-electron chi connectivity index (χ1n) is 7.64. The lowest BCUT2D eigenvalue weighted by Crippen LogP contribution is -2.39. The van der Waals surface area contributed by atoms with Gasteiger partial charge >= 0.3 is 0 Å². The van der Waals surface area contributed by atoms with Gasteiger partial charge in [-0.25, -0.2) is 10.2 Å². The van der Waals surface area contributed by atoms with E-state index in [1.54, 1.807) is 12.1 Å². The molecule has 1 aliphatic heterocycles. The standard InChI is InChI=1S/C18H15BrFN5/c19-14-3-6-16-13(7-14)10-24-9-12(11-1-4-15(20)5-2-11)8-17(24)18(23-21)25(16)22/h1-9H,10,21-22H2/b23-18-. The third-order valence-corrected chi connectivity index (χ3v) is 4.79. The van der Waals surface area contributed by atoms with E-state index in [9.17, 15) is 4.39 Å². The van der Waals surface area contributed by atoms with Crippen molar-refractivity contribution in [3.63, 3.8) is 0 Å². The molecule has 0 spiro atoms. The van der Waals surface area contributed by atoms with E-state index >= 15 is 0 Å². The second-order valence-corrected chi connectivity index (χ2v) is 6.76. The molecule has 0 saturated carbocycles. The molecule has 7 heteroatoms. The topological polar surface area (TPSA) is 72.6 Å². The number of anilines is 1. The molecular weight excluding hydrogens is 385 g/mol. The Morgan fingerprint density at radius 2 is 1.80 bits per heavy atom. The van der Waals surface area contributed by atoms with Crippen molar-refractivity contribution < 1.29 is 4.39 Å². The van der Waals surface area contributed by atoms with Crippen LogP contribution in [-0.2, 0) is 6.54 Å². The van der Waals surface area contributed by atoms with E-state index in [2.05, 4.69) is 21.0 Å². The van der Waals surface area contributed by atoms with Gasteiger partial charge in [-0.05, 0) is 47.5 Å². The average Bonchev–Trinajstić information content (AvgIpc) is 2.95. The third kappa shape index (κ3) is 2.71. The molecule has 2 heterocycles. The second kappa shape index (κ2) is 6.02. The molecule has 0 amide bonds. The zero-order valence-electron chi connectivity index (χ0n) is 13.2. The third-order valence-electron chi connectivity index (χ3n) is 4.30. The Kier molecular flexibility index (Phi) is 3.82. The monoisotopic (exact) mass is 399 g/mol. The molecule has 0 fully saturated rings. The number of nitrogens with zero attached hydrogens (tertiary/aromatic N) is 3. The molecule has 0 bridgehead atoms. The van der Waals surface area contributed by atoms with Crippen molar-refractivity contribution in [2.75, 3.05) is 5.01 Å². The van der Waals surface area contributed by atoms with Gasteiger partial charge in [0, 0.05) is 22.8 Å². The van der Waals surface area contributed by atoms with Crippen LogP contribution in [0, 0.1) is 5.82 Å². The molecule has 1 aliphatic rings. The maximum absolute atomic E-state index is 13.2. The number of fused-ring (bicyclic) bond motifs is 2. The van der Waals surface area contributed by atoms with Gasteiger partial charge in [0.2, 0.25) is 0 Å². The molecule has 5 nitrogen and oxygen atoms in total. The summed E-state index contributed by atoms with van der Waals surface area (Å²) in [4.78, 5) is 0. The van der Waals surface area contributed by atoms with Crippen molar-refractivity contribution in [1.82, 2.24) is 4.57 Å². The number of halogens is 2. The summed E-state index contributed by atoms with van der Waals surface area (Å²) in [5, 5.41) is 5.39. The molecule has 4 rings (SSSR count). The normalized spacial score (nSPS) is 15.0. The van der Waals surface area contributed by atoms with E-state index in [4.69, 9.17) is 11.7 Å². The fraction of sp³-hybridized carbons (Fsp3) is 0.0556. The molecule has 0 unspecified atom stereocenters. The van der Waals surface area contributed by atoms with E-state index in [-0.39, 0.29) is 5.82 Å². The van der Waals surface area contributed by atoms with Crippen LogP contribution in [0.5, 0.6) is 0 Å². The van der Waals surface area contributed by atoms with Gasteiger partial charge in [-0.15, -0.1) is 0 Å². The summed E-state index contributed by atoms with van der Waals surface area (Å²) in [6.07, 6.45) is 2.00.